The first-order valence-corrected chi connectivity index (χ1v) is 7.54. The number of hydrogen-bond donors (Lipinski definition) is 2. The zero-order valence-corrected chi connectivity index (χ0v) is 13.2. The number of aromatic nitrogens is 1. The Labute approximate surface area is 128 Å². The van der Waals surface area contributed by atoms with Crippen molar-refractivity contribution >= 4 is 28.1 Å². The van der Waals surface area contributed by atoms with E-state index in [0.29, 0.717) is 17.2 Å². The zero-order chi connectivity index (χ0) is 15.5. The lowest BCUT2D eigenvalue weighted by Gasteiger charge is -2.24. The van der Waals surface area contributed by atoms with E-state index in [1.807, 2.05) is 36.6 Å². The highest BCUT2D eigenvalue weighted by molar-refractivity contribution is 7.14. The van der Waals surface area contributed by atoms with Gasteiger partial charge in [0.2, 0.25) is 0 Å². The molecule has 1 unspecified atom stereocenters. The van der Waals surface area contributed by atoms with Crippen LogP contribution in [0.5, 0.6) is 0 Å². The van der Waals surface area contributed by atoms with E-state index in [0.717, 1.165) is 11.3 Å². The Balaban J connectivity index is 2.16. The number of nitrogens with one attached hydrogen (secondary N) is 1. The second-order valence-electron chi connectivity index (χ2n) is 4.91. The summed E-state index contributed by atoms with van der Waals surface area (Å²) in [6, 6.07) is 7.49. The van der Waals surface area contributed by atoms with Crippen molar-refractivity contribution in [2.24, 2.45) is 0 Å². The standard InChI is InChI=1S/C15H19N3O2S/c1-4-15(2,20-3)13(19)18-14-17-12(9-21-14)10-6-5-7-11(16)8-10/h5-9H,4,16H2,1-3H3,(H,17,18,19). The Kier molecular flexibility index (Phi) is 4.59. The van der Waals surface area contributed by atoms with Crippen LogP contribution in [-0.4, -0.2) is 23.6 Å². The molecule has 2 aromatic rings. The van der Waals surface area contributed by atoms with Crippen LogP contribution < -0.4 is 11.1 Å². The van der Waals surface area contributed by atoms with Crippen LogP contribution in [0.4, 0.5) is 10.8 Å². The van der Waals surface area contributed by atoms with Crippen molar-refractivity contribution < 1.29 is 9.53 Å². The Morgan fingerprint density at radius 1 is 1.52 bits per heavy atom. The second kappa shape index (κ2) is 6.24. The number of nitrogens with two attached hydrogens (primary N) is 1. The quantitative estimate of drug-likeness (QED) is 0.832. The lowest BCUT2D eigenvalue weighted by atomic mass is 10.0. The summed E-state index contributed by atoms with van der Waals surface area (Å²) in [5.74, 6) is -0.194. The van der Waals surface area contributed by atoms with Crippen molar-refractivity contribution in [3.05, 3.63) is 29.6 Å². The van der Waals surface area contributed by atoms with Crippen molar-refractivity contribution in [1.82, 2.24) is 4.98 Å². The summed E-state index contributed by atoms with van der Waals surface area (Å²) in [7, 11) is 1.53. The molecule has 0 aliphatic heterocycles. The minimum atomic E-state index is -0.844. The number of anilines is 2. The molecule has 2 rings (SSSR count). The van der Waals surface area contributed by atoms with Gasteiger partial charge in [0.05, 0.1) is 5.69 Å². The topological polar surface area (TPSA) is 77.2 Å². The lowest BCUT2D eigenvalue weighted by Crippen LogP contribution is -2.41. The molecular formula is C15H19N3O2S. The van der Waals surface area contributed by atoms with Gasteiger partial charge < -0.3 is 10.5 Å². The molecule has 0 bridgehead atoms. The number of ether oxygens (including phenoxy) is 1. The normalized spacial score (nSPS) is 13.7. The van der Waals surface area contributed by atoms with Crippen LogP contribution in [0.15, 0.2) is 29.6 Å². The van der Waals surface area contributed by atoms with Crippen LogP contribution in [0, 0.1) is 0 Å². The molecule has 0 aliphatic carbocycles. The van der Waals surface area contributed by atoms with E-state index in [1.165, 1.54) is 18.4 Å². The van der Waals surface area contributed by atoms with Gasteiger partial charge in [-0.05, 0) is 25.5 Å². The molecule has 0 radical (unpaired) electrons. The highest BCUT2D eigenvalue weighted by Gasteiger charge is 2.31. The van der Waals surface area contributed by atoms with Crippen LogP contribution in [0.3, 0.4) is 0 Å². The number of amides is 1. The molecule has 1 atom stereocenters. The van der Waals surface area contributed by atoms with Crippen molar-refractivity contribution in [2.45, 2.75) is 25.9 Å². The summed E-state index contributed by atoms with van der Waals surface area (Å²) >= 11 is 1.38. The van der Waals surface area contributed by atoms with Gasteiger partial charge in [-0.25, -0.2) is 4.98 Å². The van der Waals surface area contributed by atoms with E-state index in [4.69, 9.17) is 10.5 Å². The van der Waals surface area contributed by atoms with Crippen molar-refractivity contribution in [3.63, 3.8) is 0 Å². The molecule has 3 N–H and O–H groups in total. The molecule has 1 aromatic carbocycles. The first-order valence-electron chi connectivity index (χ1n) is 6.66. The van der Waals surface area contributed by atoms with Gasteiger partial charge in [0.1, 0.15) is 5.60 Å². The Morgan fingerprint density at radius 2 is 2.29 bits per heavy atom. The number of hydrogen-bond acceptors (Lipinski definition) is 5. The highest BCUT2D eigenvalue weighted by Crippen LogP contribution is 2.27. The minimum Gasteiger partial charge on any atom is -0.399 e. The van der Waals surface area contributed by atoms with Gasteiger partial charge >= 0.3 is 0 Å². The summed E-state index contributed by atoms with van der Waals surface area (Å²) in [5, 5.41) is 5.24. The van der Waals surface area contributed by atoms with Gasteiger partial charge in [0.15, 0.2) is 5.13 Å². The maximum absolute atomic E-state index is 12.2. The molecule has 0 fully saturated rings. The van der Waals surface area contributed by atoms with E-state index < -0.39 is 5.60 Å². The number of benzene rings is 1. The molecule has 21 heavy (non-hydrogen) atoms. The van der Waals surface area contributed by atoms with Gasteiger partial charge in [-0.2, -0.15) is 0 Å². The molecule has 1 heterocycles. The maximum atomic E-state index is 12.2. The van der Waals surface area contributed by atoms with Crippen molar-refractivity contribution in [3.8, 4) is 11.3 Å². The van der Waals surface area contributed by atoms with E-state index >= 15 is 0 Å². The Hall–Kier alpha value is -1.92. The lowest BCUT2D eigenvalue weighted by molar-refractivity contribution is -0.136. The minimum absolute atomic E-state index is 0.194. The molecule has 5 nitrogen and oxygen atoms in total. The summed E-state index contributed by atoms with van der Waals surface area (Å²) in [5.41, 5.74) is 7.32. The second-order valence-corrected chi connectivity index (χ2v) is 5.76. The van der Waals surface area contributed by atoms with Gasteiger partial charge in [-0.15, -0.1) is 11.3 Å². The fourth-order valence-corrected chi connectivity index (χ4v) is 2.50. The van der Waals surface area contributed by atoms with E-state index in [1.54, 1.807) is 6.92 Å². The van der Waals surface area contributed by atoms with Crippen LogP contribution in [-0.2, 0) is 9.53 Å². The summed E-state index contributed by atoms with van der Waals surface area (Å²) in [6.07, 6.45) is 0.586. The predicted molar refractivity (Wildman–Crippen MR) is 86.3 cm³/mol. The Morgan fingerprint density at radius 3 is 2.90 bits per heavy atom. The third-order valence-electron chi connectivity index (χ3n) is 3.51. The van der Waals surface area contributed by atoms with Crippen LogP contribution in [0.25, 0.3) is 11.3 Å². The number of nitrogens with zero attached hydrogens (tertiary/aromatic N) is 1. The first kappa shape index (κ1) is 15.5. The number of carbonyl (C=O) groups excluding carboxylic acids is 1. The van der Waals surface area contributed by atoms with Gasteiger partial charge in [-0.1, -0.05) is 19.1 Å². The van der Waals surface area contributed by atoms with Crippen LogP contribution >= 0.6 is 11.3 Å². The van der Waals surface area contributed by atoms with Gasteiger partial charge in [-0.3, -0.25) is 10.1 Å². The monoisotopic (exact) mass is 305 g/mol. The molecule has 6 heteroatoms. The fourth-order valence-electron chi connectivity index (χ4n) is 1.79. The maximum Gasteiger partial charge on any atom is 0.258 e. The predicted octanol–water partition coefficient (Wildman–Crippen LogP) is 3.15. The summed E-state index contributed by atoms with van der Waals surface area (Å²) in [4.78, 5) is 16.6. The zero-order valence-electron chi connectivity index (χ0n) is 12.3. The van der Waals surface area contributed by atoms with E-state index in [9.17, 15) is 4.79 Å². The Bertz CT molecular complexity index is 635. The number of thiazole rings is 1. The number of rotatable bonds is 5. The SMILES string of the molecule is CCC(C)(OC)C(=O)Nc1nc(-c2cccc(N)c2)cs1. The van der Waals surface area contributed by atoms with Crippen LogP contribution in [0.1, 0.15) is 20.3 Å². The molecule has 1 amide bonds. The van der Waals surface area contributed by atoms with Crippen molar-refractivity contribution in [2.75, 3.05) is 18.2 Å². The van der Waals surface area contributed by atoms with E-state index in [-0.39, 0.29) is 5.91 Å². The average Bonchev–Trinajstić information content (AvgIpc) is 2.95. The largest absolute Gasteiger partial charge is 0.399 e. The molecular weight excluding hydrogens is 286 g/mol. The third-order valence-corrected chi connectivity index (χ3v) is 4.27. The third kappa shape index (κ3) is 3.40. The highest BCUT2D eigenvalue weighted by atomic mass is 32.1. The molecule has 0 spiro atoms. The van der Waals surface area contributed by atoms with Gasteiger partial charge in [0.25, 0.3) is 5.91 Å². The van der Waals surface area contributed by atoms with Gasteiger partial charge in [0, 0.05) is 23.7 Å². The smallest absolute Gasteiger partial charge is 0.258 e. The van der Waals surface area contributed by atoms with Crippen LogP contribution in [0.2, 0.25) is 0 Å². The number of methoxy groups -OCH3 is 1. The van der Waals surface area contributed by atoms with Crippen molar-refractivity contribution in [1.29, 1.82) is 0 Å². The molecule has 0 saturated heterocycles. The summed E-state index contributed by atoms with van der Waals surface area (Å²) in [6.45, 7) is 3.66. The fraction of sp³-hybridized carbons (Fsp3) is 0.333. The first-order chi connectivity index (χ1) is 9.98. The molecule has 1 aromatic heterocycles. The molecule has 0 saturated carbocycles. The average molecular weight is 305 g/mol. The number of nitrogen functional groups attached to an aromatic ring is 1. The molecule has 112 valence electrons. The summed E-state index contributed by atoms with van der Waals surface area (Å²) < 4.78 is 5.28. The molecule has 0 aliphatic rings. The van der Waals surface area contributed by atoms with E-state index in [2.05, 4.69) is 10.3 Å². The number of carbonyl (C=O) groups is 1.